The molecule has 7 nitrogen and oxygen atoms in total. The summed E-state index contributed by atoms with van der Waals surface area (Å²) < 4.78 is 0. The molecule has 0 spiro atoms. The van der Waals surface area contributed by atoms with Crippen LogP contribution in [0.2, 0.25) is 0 Å². The third kappa shape index (κ3) is 3.86. The fourth-order valence-electron chi connectivity index (χ4n) is 3.85. The lowest BCUT2D eigenvalue weighted by molar-refractivity contribution is 0.0697. The van der Waals surface area contributed by atoms with E-state index in [1.54, 1.807) is 30.3 Å². The van der Waals surface area contributed by atoms with Crippen molar-refractivity contribution in [1.82, 2.24) is 4.98 Å². The van der Waals surface area contributed by atoms with Gasteiger partial charge in [0.2, 0.25) is 5.88 Å². The largest absolute Gasteiger partial charge is 0.505 e. The number of aromatic nitrogens is 1. The van der Waals surface area contributed by atoms with Crippen molar-refractivity contribution in [3.8, 4) is 33.9 Å². The van der Waals surface area contributed by atoms with E-state index in [1.165, 1.54) is 12.1 Å². The van der Waals surface area contributed by atoms with Crippen LogP contribution >= 0.6 is 0 Å². The topological polar surface area (TPSA) is 118 Å². The highest BCUT2D eigenvalue weighted by Gasteiger charge is 2.14. The van der Waals surface area contributed by atoms with E-state index >= 15 is 0 Å². The zero-order chi connectivity index (χ0) is 23.7. The highest BCUT2D eigenvalue weighted by molar-refractivity contribution is 5.96. The van der Waals surface area contributed by atoms with Crippen LogP contribution in [0.1, 0.15) is 10.4 Å². The second-order valence-electron chi connectivity index (χ2n) is 7.71. The number of carboxylic acid groups (broad SMARTS) is 1. The Kier molecular flexibility index (Phi) is 5.27. The standard InChI is InChI=1S/C27H19N3O4/c31-25-20(18-8-4-9-19(14-18)27(33)34)10-5-11-22(25)29-30-24-21-13-12-17(15-23(21)28-26(24)32)16-6-2-1-3-7-16/h1-15,28,31-32H,(H,33,34). The van der Waals surface area contributed by atoms with Crippen LogP contribution in [-0.2, 0) is 0 Å². The van der Waals surface area contributed by atoms with Crippen LogP contribution in [0, 0.1) is 0 Å². The number of para-hydroxylation sites is 1. The minimum Gasteiger partial charge on any atom is -0.505 e. The fourth-order valence-corrected chi connectivity index (χ4v) is 3.85. The Hall–Kier alpha value is -4.91. The summed E-state index contributed by atoms with van der Waals surface area (Å²) in [6.07, 6.45) is 0. The number of carboxylic acids is 1. The molecule has 0 amide bonds. The van der Waals surface area contributed by atoms with Crippen molar-refractivity contribution in [3.63, 3.8) is 0 Å². The van der Waals surface area contributed by atoms with Gasteiger partial charge in [-0.1, -0.05) is 60.7 Å². The van der Waals surface area contributed by atoms with Crippen LogP contribution in [0.25, 0.3) is 33.2 Å². The molecule has 0 saturated carbocycles. The lowest BCUT2D eigenvalue weighted by Gasteiger charge is -2.07. The number of rotatable bonds is 5. The van der Waals surface area contributed by atoms with E-state index in [4.69, 9.17) is 0 Å². The first-order valence-electron chi connectivity index (χ1n) is 10.5. The number of carbonyl (C=O) groups is 1. The van der Waals surface area contributed by atoms with Gasteiger partial charge < -0.3 is 20.3 Å². The molecule has 166 valence electrons. The van der Waals surface area contributed by atoms with Crippen LogP contribution < -0.4 is 0 Å². The van der Waals surface area contributed by atoms with Crippen LogP contribution in [0.5, 0.6) is 11.6 Å². The Morgan fingerprint density at radius 1 is 0.735 bits per heavy atom. The zero-order valence-corrected chi connectivity index (χ0v) is 17.8. The first kappa shape index (κ1) is 21.0. The van der Waals surface area contributed by atoms with Gasteiger partial charge in [-0.25, -0.2) is 4.79 Å². The first-order valence-corrected chi connectivity index (χ1v) is 10.5. The Morgan fingerprint density at radius 2 is 1.50 bits per heavy atom. The molecule has 1 heterocycles. The highest BCUT2D eigenvalue weighted by Crippen LogP contribution is 2.41. The average Bonchev–Trinajstić information content (AvgIpc) is 3.18. The molecule has 0 unspecified atom stereocenters. The summed E-state index contributed by atoms with van der Waals surface area (Å²) in [6.45, 7) is 0. The molecule has 7 heteroatoms. The first-order chi connectivity index (χ1) is 16.5. The predicted molar refractivity (Wildman–Crippen MR) is 130 cm³/mol. The van der Waals surface area contributed by atoms with E-state index in [-0.39, 0.29) is 28.6 Å². The number of phenolic OH excluding ortho intramolecular Hbond substituents is 1. The van der Waals surface area contributed by atoms with Gasteiger partial charge in [0.15, 0.2) is 11.4 Å². The molecule has 0 radical (unpaired) electrons. The number of fused-ring (bicyclic) bond motifs is 1. The number of azo groups is 1. The van der Waals surface area contributed by atoms with Gasteiger partial charge in [-0.2, -0.15) is 0 Å². The van der Waals surface area contributed by atoms with Crippen LogP contribution in [0.4, 0.5) is 11.4 Å². The van der Waals surface area contributed by atoms with Crippen LogP contribution in [0.3, 0.4) is 0 Å². The molecule has 34 heavy (non-hydrogen) atoms. The summed E-state index contributed by atoms with van der Waals surface area (Å²) in [5, 5.41) is 39.5. The van der Waals surface area contributed by atoms with Crippen molar-refractivity contribution in [2.45, 2.75) is 0 Å². The van der Waals surface area contributed by atoms with Crippen molar-refractivity contribution in [2.75, 3.05) is 0 Å². The van der Waals surface area contributed by atoms with E-state index in [0.717, 1.165) is 11.1 Å². The molecule has 0 fully saturated rings. The molecular weight excluding hydrogens is 430 g/mol. The molecule has 0 aliphatic rings. The van der Waals surface area contributed by atoms with Crippen molar-refractivity contribution >= 4 is 28.2 Å². The second-order valence-corrected chi connectivity index (χ2v) is 7.71. The van der Waals surface area contributed by atoms with Crippen molar-refractivity contribution in [3.05, 3.63) is 96.6 Å². The van der Waals surface area contributed by atoms with Crippen molar-refractivity contribution in [1.29, 1.82) is 0 Å². The number of hydrogen-bond donors (Lipinski definition) is 4. The Bertz CT molecular complexity index is 1560. The number of nitrogens with one attached hydrogen (secondary N) is 1. The molecule has 0 bridgehead atoms. The van der Waals surface area contributed by atoms with E-state index in [0.29, 0.717) is 22.0 Å². The van der Waals surface area contributed by atoms with Crippen LogP contribution in [-0.4, -0.2) is 26.3 Å². The van der Waals surface area contributed by atoms with Crippen molar-refractivity contribution < 1.29 is 20.1 Å². The maximum atomic E-state index is 11.3. The fraction of sp³-hybridized carbons (Fsp3) is 0. The predicted octanol–water partition coefficient (Wildman–Crippen LogP) is 7.03. The van der Waals surface area contributed by atoms with Gasteiger partial charge in [-0.3, -0.25) is 0 Å². The molecular formula is C27H19N3O4. The van der Waals surface area contributed by atoms with Gasteiger partial charge in [0, 0.05) is 10.9 Å². The zero-order valence-electron chi connectivity index (χ0n) is 17.8. The van der Waals surface area contributed by atoms with Gasteiger partial charge >= 0.3 is 5.97 Å². The summed E-state index contributed by atoms with van der Waals surface area (Å²) in [7, 11) is 0. The van der Waals surface area contributed by atoms with Gasteiger partial charge in [-0.15, -0.1) is 10.2 Å². The minimum absolute atomic E-state index is 0.113. The summed E-state index contributed by atoms with van der Waals surface area (Å²) in [5.74, 6) is -1.32. The van der Waals surface area contributed by atoms with Crippen molar-refractivity contribution in [2.24, 2.45) is 10.2 Å². The number of nitrogens with zero attached hydrogens (tertiary/aromatic N) is 2. The molecule has 0 saturated heterocycles. The Balaban J connectivity index is 1.50. The number of phenols is 1. The molecule has 4 aromatic carbocycles. The second kappa shape index (κ2) is 8.55. The average molecular weight is 449 g/mol. The molecule has 4 N–H and O–H groups in total. The summed E-state index contributed by atoms with van der Waals surface area (Å²) >= 11 is 0. The van der Waals surface area contributed by atoms with E-state index in [1.807, 2.05) is 48.5 Å². The Labute approximate surface area is 194 Å². The smallest absolute Gasteiger partial charge is 0.335 e. The summed E-state index contributed by atoms with van der Waals surface area (Å²) in [6, 6.07) is 26.8. The monoisotopic (exact) mass is 449 g/mol. The molecule has 5 rings (SSSR count). The number of aromatic amines is 1. The minimum atomic E-state index is -1.05. The summed E-state index contributed by atoms with van der Waals surface area (Å²) in [5.41, 5.74) is 4.27. The number of H-pyrrole nitrogens is 1. The maximum absolute atomic E-state index is 11.3. The quantitative estimate of drug-likeness (QED) is 0.215. The summed E-state index contributed by atoms with van der Waals surface area (Å²) in [4.78, 5) is 14.2. The van der Waals surface area contributed by atoms with Gasteiger partial charge in [0.1, 0.15) is 5.69 Å². The molecule has 0 aliphatic heterocycles. The lowest BCUT2D eigenvalue weighted by atomic mass is 10.0. The molecule has 1 aromatic heterocycles. The SMILES string of the molecule is O=C(O)c1cccc(-c2cccc(N=Nc3c(O)[nH]c4cc(-c5ccccc5)ccc34)c2O)c1. The molecule has 5 aromatic rings. The van der Waals surface area contributed by atoms with Crippen LogP contribution in [0.15, 0.2) is 101 Å². The van der Waals surface area contributed by atoms with E-state index < -0.39 is 5.97 Å². The van der Waals surface area contributed by atoms with E-state index in [2.05, 4.69) is 15.2 Å². The normalized spacial score (nSPS) is 11.3. The number of aromatic carboxylic acids is 1. The third-order valence-electron chi connectivity index (χ3n) is 5.55. The van der Waals surface area contributed by atoms with Gasteiger partial charge in [0.05, 0.1) is 11.1 Å². The van der Waals surface area contributed by atoms with Gasteiger partial charge in [0.25, 0.3) is 0 Å². The molecule has 0 atom stereocenters. The highest BCUT2D eigenvalue weighted by atomic mass is 16.4. The lowest BCUT2D eigenvalue weighted by Crippen LogP contribution is -1.95. The van der Waals surface area contributed by atoms with Gasteiger partial charge in [-0.05, 0) is 47.0 Å². The maximum Gasteiger partial charge on any atom is 0.335 e. The van der Waals surface area contributed by atoms with E-state index in [9.17, 15) is 20.1 Å². The number of aromatic hydroxyl groups is 2. The Morgan fingerprint density at radius 3 is 2.29 bits per heavy atom. The third-order valence-corrected chi connectivity index (χ3v) is 5.55. The number of benzene rings is 4. The number of hydrogen-bond acceptors (Lipinski definition) is 5. The molecule has 0 aliphatic carbocycles.